The highest BCUT2D eigenvalue weighted by Crippen LogP contribution is 2.34. The number of hydrogen-bond acceptors (Lipinski definition) is 3. The van der Waals surface area contributed by atoms with E-state index in [0.717, 1.165) is 35.8 Å². The Morgan fingerprint density at radius 3 is 2.80 bits per heavy atom. The summed E-state index contributed by atoms with van der Waals surface area (Å²) in [5.41, 5.74) is 8.65. The van der Waals surface area contributed by atoms with Crippen molar-refractivity contribution in [2.24, 2.45) is 11.7 Å². The number of fused-ring (bicyclic) bond motifs is 1. The minimum Gasteiger partial charge on any atom is -0.493 e. The first kappa shape index (κ1) is 15.6. The summed E-state index contributed by atoms with van der Waals surface area (Å²) in [6.45, 7) is 7.69. The number of benzene rings is 1. The average Bonchev–Trinajstić information content (AvgIpc) is 2.83. The second-order valence-corrected chi connectivity index (χ2v) is 6.12. The van der Waals surface area contributed by atoms with Gasteiger partial charge >= 0.3 is 0 Å². The lowest BCUT2D eigenvalue weighted by molar-refractivity contribution is 0.0127. The molecule has 20 heavy (non-hydrogen) atoms. The minimum atomic E-state index is -0.0540. The highest BCUT2D eigenvalue weighted by molar-refractivity contribution is 6.30. The molecule has 1 aliphatic heterocycles. The van der Waals surface area contributed by atoms with Gasteiger partial charge < -0.3 is 15.2 Å². The van der Waals surface area contributed by atoms with Crippen LogP contribution in [0.1, 0.15) is 31.9 Å². The molecule has 0 amide bonds. The molecule has 0 aliphatic carbocycles. The van der Waals surface area contributed by atoms with Gasteiger partial charge in [0, 0.05) is 24.1 Å². The molecule has 2 N–H and O–H groups in total. The van der Waals surface area contributed by atoms with Crippen molar-refractivity contribution in [2.45, 2.75) is 45.8 Å². The Morgan fingerprint density at radius 2 is 2.15 bits per heavy atom. The summed E-state index contributed by atoms with van der Waals surface area (Å²) in [5.74, 6) is 1.36. The molecular formula is C16H24ClNO2. The first-order valence-corrected chi connectivity index (χ1v) is 7.72. The van der Waals surface area contributed by atoms with Crippen LogP contribution in [0, 0.1) is 5.92 Å². The van der Waals surface area contributed by atoms with Gasteiger partial charge in [-0.2, -0.15) is 0 Å². The highest BCUT2D eigenvalue weighted by atomic mass is 35.5. The smallest absolute Gasteiger partial charge is 0.125 e. The fourth-order valence-electron chi connectivity index (χ4n) is 2.87. The van der Waals surface area contributed by atoms with E-state index in [0.29, 0.717) is 12.5 Å². The molecule has 0 aromatic heterocycles. The van der Waals surface area contributed by atoms with Crippen molar-refractivity contribution < 1.29 is 9.47 Å². The van der Waals surface area contributed by atoms with Gasteiger partial charge in [0.25, 0.3) is 0 Å². The van der Waals surface area contributed by atoms with Crippen molar-refractivity contribution in [3.63, 3.8) is 0 Å². The SMILES string of the molecule is CCOC(C(C)C)C(N)Cc1cc(Cl)cc2c1OCC2. The molecule has 3 nitrogen and oxygen atoms in total. The van der Waals surface area contributed by atoms with Gasteiger partial charge in [-0.1, -0.05) is 25.4 Å². The summed E-state index contributed by atoms with van der Waals surface area (Å²) in [6, 6.07) is 3.90. The third kappa shape index (κ3) is 3.46. The first-order valence-electron chi connectivity index (χ1n) is 7.34. The normalized spacial score (nSPS) is 16.9. The van der Waals surface area contributed by atoms with E-state index in [9.17, 15) is 0 Å². The first-order chi connectivity index (χ1) is 9.52. The van der Waals surface area contributed by atoms with Crippen LogP contribution in [0.4, 0.5) is 0 Å². The van der Waals surface area contributed by atoms with E-state index in [1.54, 1.807) is 0 Å². The van der Waals surface area contributed by atoms with Gasteiger partial charge in [0.2, 0.25) is 0 Å². The van der Waals surface area contributed by atoms with E-state index >= 15 is 0 Å². The summed E-state index contributed by atoms with van der Waals surface area (Å²) >= 11 is 6.19. The maximum absolute atomic E-state index is 6.36. The molecule has 0 radical (unpaired) electrons. The highest BCUT2D eigenvalue weighted by Gasteiger charge is 2.25. The van der Waals surface area contributed by atoms with Gasteiger partial charge in [-0.3, -0.25) is 0 Å². The molecule has 0 bridgehead atoms. The van der Waals surface area contributed by atoms with E-state index in [2.05, 4.69) is 13.8 Å². The largest absolute Gasteiger partial charge is 0.493 e. The number of hydrogen-bond donors (Lipinski definition) is 1. The third-order valence-electron chi connectivity index (χ3n) is 3.72. The quantitative estimate of drug-likeness (QED) is 0.877. The van der Waals surface area contributed by atoms with Crippen LogP contribution in [0.5, 0.6) is 5.75 Å². The monoisotopic (exact) mass is 297 g/mol. The van der Waals surface area contributed by atoms with E-state index in [1.807, 2.05) is 19.1 Å². The Bertz CT molecular complexity index is 462. The summed E-state index contributed by atoms with van der Waals surface area (Å²) in [5, 5.41) is 0.758. The molecule has 2 atom stereocenters. The van der Waals surface area contributed by atoms with Crippen molar-refractivity contribution in [3.05, 3.63) is 28.3 Å². The van der Waals surface area contributed by atoms with E-state index in [4.69, 9.17) is 26.8 Å². The van der Waals surface area contributed by atoms with Crippen molar-refractivity contribution in [1.29, 1.82) is 0 Å². The summed E-state index contributed by atoms with van der Waals surface area (Å²) < 4.78 is 11.5. The lowest BCUT2D eigenvalue weighted by Gasteiger charge is -2.27. The van der Waals surface area contributed by atoms with Crippen molar-refractivity contribution in [1.82, 2.24) is 0 Å². The van der Waals surface area contributed by atoms with Crippen molar-refractivity contribution in [2.75, 3.05) is 13.2 Å². The molecule has 4 heteroatoms. The molecule has 1 aliphatic rings. The fraction of sp³-hybridized carbons (Fsp3) is 0.625. The molecule has 0 spiro atoms. The van der Waals surface area contributed by atoms with Crippen LogP contribution < -0.4 is 10.5 Å². The zero-order valence-electron chi connectivity index (χ0n) is 12.5. The van der Waals surface area contributed by atoms with Gasteiger partial charge in [-0.15, -0.1) is 0 Å². The maximum atomic E-state index is 6.36. The standard InChI is InChI=1S/C16H24ClNO2/c1-4-19-15(10(2)3)14(18)9-12-8-13(17)7-11-5-6-20-16(11)12/h7-8,10,14-15H,4-6,9,18H2,1-3H3. The van der Waals surface area contributed by atoms with Crippen LogP contribution in [-0.4, -0.2) is 25.4 Å². The number of rotatable bonds is 6. The Hall–Kier alpha value is -0.770. The Kier molecular flexibility index (Phi) is 5.30. The van der Waals surface area contributed by atoms with Gasteiger partial charge in [0.1, 0.15) is 5.75 Å². The fourth-order valence-corrected chi connectivity index (χ4v) is 3.13. The lowest BCUT2D eigenvalue weighted by atomic mass is 9.93. The zero-order valence-corrected chi connectivity index (χ0v) is 13.2. The Balaban J connectivity index is 2.17. The van der Waals surface area contributed by atoms with Crippen LogP contribution in [0.2, 0.25) is 5.02 Å². The molecule has 0 saturated heterocycles. The van der Waals surface area contributed by atoms with Crippen LogP contribution in [-0.2, 0) is 17.6 Å². The Labute approximate surface area is 126 Å². The summed E-state index contributed by atoms with van der Waals surface area (Å²) in [6.07, 6.45) is 1.71. The van der Waals surface area contributed by atoms with Crippen LogP contribution in [0.3, 0.4) is 0 Å². The van der Waals surface area contributed by atoms with Crippen molar-refractivity contribution >= 4 is 11.6 Å². The lowest BCUT2D eigenvalue weighted by Crippen LogP contribution is -2.42. The predicted molar refractivity (Wildman–Crippen MR) is 82.6 cm³/mol. The molecule has 0 fully saturated rings. The molecule has 1 heterocycles. The van der Waals surface area contributed by atoms with Crippen LogP contribution in [0.25, 0.3) is 0 Å². The number of nitrogens with two attached hydrogens (primary N) is 1. The van der Waals surface area contributed by atoms with Crippen molar-refractivity contribution in [3.8, 4) is 5.75 Å². The molecule has 2 unspecified atom stereocenters. The third-order valence-corrected chi connectivity index (χ3v) is 3.94. The zero-order chi connectivity index (χ0) is 14.7. The summed E-state index contributed by atoms with van der Waals surface area (Å²) in [7, 11) is 0. The molecule has 2 rings (SSSR count). The maximum Gasteiger partial charge on any atom is 0.125 e. The molecule has 1 aromatic carbocycles. The van der Waals surface area contributed by atoms with Gasteiger partial charge in [0.15, 0.2) is 0 Å². The molecular weight excluding hydrogens is 274 g/mol. The van der Waals surface area contributed by atoms with E-state index < -0.39 is 0 Å². The second kappa shape index (κ2) is 6.79. The second-order valence-electron chi connectivity index (χ2n) is 5.68. The van der Waals surface area contributed by atoms with E-state index in [-0.39, 0.29) is 12.1 Å². The topological polar surface area (TPSA) is 44.5 Å². The van der Waals surface area contributed by atoms with E-state index in [1.165, 1.54) is 5.56 Å². The predicted octanol–water partition coefficient (Wildman–Crippen LogP) is 3.21. The van der Waals surface area contributed by atoms with Gasteiger partial charge in [0.05, 0.1) is 12.7 Å². The van der Waals surface area contributed by atoms with Crippen LogP contribution in [0.15, 0.2) is 12.1 Å². The minimum absolute atomic E-state index is 0.0519. The Morgan fingerprint density at radius 1 is 1.40 bits per heavy atom. The van der Waals surface area contributed by atoms with Gasteiger partial charge in [-0.05, 0) is 42.5 Å². The van der Waals surface area contributed by atoms with Crippen LogP contribution >= 0.6 is 11.6 Å². The summed E-state index contributed by atoms with van der Waals surface area (Å²) in [4.78, 5) is 0. The number of halogens is 1. The molecule has 112 valence electrons. The number of ether oxygens (including phenoxy) is 2. The average molecular weight is 298 g/mol. The molecule has 0 saturated carbocycles. The molecule has 1 aromatic rings. The van der Waals surface area contributed by atoms with Gasteiger partial charge in [-0.25, -0.2) is 0 Å².